The van der Waals surface area contributed by atoms with Gasteiger partial charge in [0, 0.05) is 0 Å². The Balaban J connectivity index is 5.50. The van der Waals surface area contributed by atoms with Gasteiger partial charge in [0.2, 0.25) is 0 Å². The van der Waals surface area contributed by atoms with Gasteiger partial charge in [-0.25, -0.2) is 0 Å². The summed E-state index contributed by atoms with van der Waals surface area (Å²) < 4.78 is 7.06. The summed E-state index contributed by atoms with van der Waals surface area (Å²) in [6.45, 7) is 28.3. The van der Waals surface area contributed by atoms with Crippen molar-refractivity contribution in [1.82, 2.24) is 0 Å². The van der Waals surface area contributed by atoms with Gasteiger partial charge in [-0.15, -0.1) is 0 Å². The SMILES string of the molecule is CCCCCC(C(C)(C)C)C(C)(C)OC(C)(C)C(CCCCC)C(C)(C)C. The first-order valence-corrected chi connectivity index (χ1v) is 11.8. The molecule has 0 fully saturated rings. The molecule has 2 unspecified atom stereocenters. The van der Waals surface area contributed by atoms with E-state index in [1.165, 1.54) is 51.4 Å². The Morgan fingerprint density at radius 3 is 1.04 bits per heavy atom. The highest BCUT2D eigenvalue weighted by Gasteiger charge is 2.46. The Bertz CT molecular complexity index is 353. The van der Waals surface area contributed by atoms with Gasteiger partial charge in [0.15, 0.2) is 0 Å². The van der Waals surface area contributed by atoms with Gasteiger partial charge in [-0.3, -0.25) is 0 Å². The summed E-state index contributed by atoms with van der Waals surface area (Å²) in [4.78, 5) is 0. The third kappa shape index (κ3) is 9.33. The predicted octanol–water partition coefficient (Wildman–Crippen LogP) is 9.05. The Hall–Kier alpha value is -0.0400. The first-order valence-electron chi connectivity index (χ1n) is 11.8. The van der Waals surface area contributed by atoms with Crippen LogP contribution in [-0.4, -0.2) is 11.2 Å². The standard InChI is InChI=1S/C26H54O/c1-13-15-17-19-21(23(3,4)5)25(9,10)27-26(11,12)22(24(6,7)8)20-18-16-14-2/h21-22H,13-20H2,1-12H3. The van der Waals surface area contributed by atoms with Gasteiger partial charge in [0.05, 0.1) is 11.2 Å². The highest BCUT2D eigenvalue weighted by atomic mass is 16.5. The molecule has 27 heavy (non-hydrogen) atoms. The summed E-state index contributed by atoms with van der Waals surface area (Å²) in [6.07, 6.45) is 10.4. The van der Waals surface area contributed by atoms with Gasteiger partial charge < -0.3 is 4.74 Å². The van der Waals surface area contributed by atoms with Gasteiger partial charge in [0.25, 0.3) is 0 Å². The molecule has 0 bridgehead atoms. The van der Waals surface area contributed by atoms with Crippen LogP contribution in [0.15, 0.2) is 0 Å². The van der Waals surface area contributed by atoms with Crippen LogP contribution in [0.4, 0.5) is 0 Å². The monoisotopic (exact) mass is 382 g/mol. The van der Waals surface area contributed by atoms with Crippen molar-refractivity contribution in [2.75, 3.05) is 0 Å². The molecule has 0 amide bonds. The van der Waals surface area contributed by atoms with Gasteiger partial charge in [-0.1, -0.05) is 93.9 Å². The van der Waals surface area contributed by atoms with Crippen LogP contribution >= 0.6 is 0 Å². The second-order valence-electron chi connectivity index (χ2n) is 12.1. The highest BCUT2D eigenvalue weighted by Crippen LogP contribution is 2.47. The molecule has 0 aliphatic heterocycles. The quantitative estimate of drug-likeness (QED) is 0.306. The molecule has 0 aromatic carbocycles. The average molecular weight is 383 g/mol. The summed E-state index contributed by atoms with van der Waals surface area (Å²) in [6, 6.07) is 0. The molecule has 0 N–H and O–H groups in total. The van der Waals surface area contributed by atoms with Crippen LogP contribution in [0, 0.1) is 22.7 Å². The highest BCUT2D eigenvalue weighted by molar-refractivity contribution is 4.94. The minimum atomic E-state index is -0.121. The van der Waals surface area contributed by atoms with Crippen LogP contribution in [0.25, 0.3) is 0 Å². The van der Waals surface area contributed by atoms with Crippen molar-refractivity contribution in [3.8, 4) is 0 Å². The van der Waals surface area contributed by atoms with E-state index < -0.39 is 0 Å². The van der Waals surface area contributed by atoms with Crippen molar-refractivity contribution in [2.45, 2.75) is 146 Å². The second-order valence-corrected chi connectivity index (χ2v) is 12.1. The van der Waals surface area contributed by atoms with Crippen molar-refractivity contribution in [3.05, 3.63) is 0 Å². The van der Waals surface area contributed by atoms with Gasteiger partial charge >= 0.3 is 0 Å². The maximum Gasteiger partial charge on any atom is 0.0666 e. The van der Waals surface area contributed by atoms with E-state index in [0.717, 1.165) is 0 Å². The van der Waals surface area contributed by atoms with Crippen molar-refractivity contribution in [1.29, 1.82) is 0 Å². The number of unbranched alkanes of at least 4 members (excludes halogenated alkanes) is 4. The van der Waals surface area contributed by atoms with Crippen molar-refractivity contribution in [2.24, 2.45) is 22.7 Å². The van der Waals surface area contributed by atoms with E-state index in [-0.39, 0.29) is 22.0 Å². The molecule has 0 saturated heterocycles. The molecule has 0 saturated carbocycles. The molecule has 0 aliphatic carbocycles. The zero-order chi connectivity index (χ0) is 21.5. The van der Waals surface area contributed by atoms with Crippen LogP contribution < -0.4 is 0 Å². The molecular weight excluding hydrogens is 328 g/mol. The first kappa shape index (κ1) is 27.0. The fourth-order valence-electron chi connectivity index (χ4n) is 5.66. The summed E-state index contributed by atoms with van der Waals surface area (Å²) in [7, 11) is 0. The van der Waals surface area contributed by atoms with Crippen LogP contribution in [-0.2, 0) is 4.74 Å². The summed E-state index contributed by atoms with van der Waals surface area (Å²) >= 11 is 0. The molecule has 1 nitrogen and oxygen atoms in total. The minimum Gasteiger partial charge on any atom is -0.369 e. The summed E-state index contributed by atoms with van der Waals surface area (Å²) in [5, 5.41) is 0. The third-order valence-electron chi connectivity index (χ3n) is 6.49. The lowest BCUT2D eigenvalue weighted by atomic mass is 9.67. The largest absolute Gasteiger partial charge is 0.369 e. The lowest BCUT2D eigenvalue weighted by molar-refractivity contribution is -0.203. The lowest BCUT2D eigenvalue weighted by Gasteiger charge is -2.51. The van der Waals surface area contributed by atoms with Gasteiger partial charge in [-0.2, -0.15) is 0 Å². The van der Waals surface area contributed by atoms with E-state index in [1.54, 1.807) is 0 Å². The van der Waals surface area contributed by atoms with E-state index >= 15 is 0 Å². The number of ether oxygens (including phenoxy) is 1. The van der Waals surface area contributed by atoms with E-state index in [0.29, 0.717) is 11.8 Å². The molecule has 1 heteroatoms. The van der Waals surface area contributed by atoms with Gasteiger partial charge in [0.1, 0.15) is 0 Å². The molecule has 0 aliphatic rings. The van der Waals surface area contributed by atoms with E-state index in [9.17, 15) is 0 Å². The van der Waals surface area contributed by atoms with Crippen molar-refractivity contribution < 1.29 is 4.74 Å². The molecule has 0 spiro atoms. The summed E-state index contributed by atoms with van der Waals surface area (Å²) in [5.41, 5.74) is 0.271. The van der Waals surface area contributed by atoms with Crippen molar-refractivity contribution in [3.63, 3.8) is 0 Å². The molecule has 0 rings (SSSR count). The Kier molecular flexibility index (Phi) is 10.6. The molecular formula is C26H54O. The third-order valence-corrected chi connectivity index (χ3v) is 6.49. The van der Waals surface area contributed by atoms with E-state index in [4.69, 9.17) is 4.74 Å². The Morgan fingerprint density at radius 2 is 0.815 bits per heavy atom. The molecule has 0 radical (unpaired) electrons. The maximum absolute atomic E-state index is 7.06. The van der Waals surface area contributed by atoms with Crippen molar-refractivity contribution >= 4 is 0 Å². The topological polar surface area (TPSA) is 9.23 Å². The maximum atomic E-state index is 7.06. The molecule has 2 atom stereocenters. The first-order chi connectivity index (χ1) is 12.1. The Morgan fingerprint density at radius 1 is 0.519 bits per heavy atom. The molecule has 164 valence electrons. The van der Waals surface area contributed by atoms with Crippen LogP contribution in [0.2, 0.25) is 0 Å². The predicted molar refractivity (Wildman–Crippen MR) is 123 cm³/mol. The summed E-state index contributed by atoms with van der Waals surface area (Å²) in [5.74, 6) is 1.12. The van der Waals surface area contributed by atoms with Crippen LogP contribution in [0.3, 0.4) is 0 Å². The fraction of sp³-hybridized carbons (Fsp3) is 1.00. The average Bonchev–Trinajstić information content (AvgIpc) is 2.43. The van der Waals surface area contributed by atoms with E-state index in [2.05, 4.69) is 83.1 Å². The van der Waals surface area contributed by atoms with Crippen LogP contribution in [0.5, 0.6) is 0 Å². The molecule has 0 heterocycles. The normalized spacial score (nSPS) is 16.4. The van der Waals surface area contributed by atoms with E-state index in [1.807, 2.05) is 0 Å². The van der Waals surface area contributed by atoms with Crippen LogP contribution in [0.1, 0.15) is 134 Å². The zero-order valence-electron chi connectivity index (χ0n) is 21.2. The molecule has 0 aromatic heterocycles. The Labute approximate surface area is 173 Å². The number of hydrogen-bond donors (Lipinski definition) is 0. The molecule has 0 aromatic rings. The number of hydrogen-bond acceptors (Lipinski definition) is 1. The fourth-order valence-corrected chi connectivity index (χ4v) is 5.66. The van der Waals surface area contributed by atoms with Gasteiger partial charge in [-0.05, 0) is 63.2 Å². The minimum absolute atomic E-state index is 0.121. The second kappa shape index (κ2) is 10.7. The number of rotatable bonds is 12. The lowest BCUT2D eigenvalue weighted by Crippen LogP contribution is -2.52. The smallest absolute Gasteiger partial charge is 0.0666 e. The zero-order valence-corrected chi connectivity index (χ0v) is 21.2.